The van der Waals surface area contributed by atoms with Gasteiger partial charge in [-0.2, -0.15) is 0 Å². The Labute approximate surface area is 126 Å². The van der Waals surface area contributed by atoms with Gasteiger partial charge < -0.3 is 5.11 Å². The van der Waals surface area contributed by atoms with Crippen molar-refractivity contribution < 1.29 is 9.90 Å². The number of nitrogens with zero attached hydrogens (tertiary/aromatic N) is 1. The molecule has 0 atom stereocenters. The third-order valence-corrected chi connectivity index (χ3v) is 3.95. The number of fused-ring (bicyclic) bond motifs is 3. The van der Waals surface area contributed by atoms with Crippen molar-refractivity contribution in [3.63, 3.8) is 0 Å². The quantitative estimate of drug-likeness (QED) is 0.584. The standard InChI is InChI=1S/C18H14N2O2/c1-11-5-6-12-8-14-10-20(19-17(14)16(12)7-11)15-4-2-3-13(9-15)18(21)22/h2-10,19H,1H3,(H,21,22). The Balaban J connectivity index is 1.89. The zero-order valence-corrected chi connectivity index (χ0v) is 12.0. The highest BCUT2D eigenvalue weighted by molar-refractivity contribution is 6.01. The van der Waals surface area contributed by atoms with Crippen molar-refractivity contribution in [3.8, 4) is 16.9 Å². The molecule has 0 amide bonds. The molecule has 0 fully saturated rings. The van der Waals surface area contributed by atoms with Gasteiger partial charge in [0.05, 0.1) is 16.9 Å². The van der Waals surface area contributed by atoms with Crippen LogP contribution in [0.15, 0.2) is 54.7 Å². The zero-order valence-electron chi connectivity index (χ0n) is 12.0. The predicted octanol–water partition coefficient (Wildman–Crippen LogP) is 4.07. The van der Waals surface area contributed by atoms with Crippen LogP contribution in [0.1, 0.15) is 15.9 Å². The minimum Gasteiger partial charge on any atom is -0.478 e. The number of aromatic carboxylic acids is 1. The van der Waals surface area contributed by atoms with Gasteiger partial charge in [-0.1, -0.05) is 23.8 Å². The monoisotopic (exact) mass is 290 g/mol. The van der Waals surface area contributed by atoms with E-state index in [4.69, 9.17) is 5.11 Å². The number of H-pyrrole nitrogens is 1. The highest BCUT2D eigenvalue weighted by Gasteiger charge is 2.14. The van der Waals surface area contributed by atoms with Crippen molar-refractivity contribution in [3.05, 3.63) is 65.9 Å². The van der Waals surface area contributed by atoms with Crippen LogP contribution in [-0.4, -0.2) is 20.9 Å². The summed E-state index contributed by atoms with van der Waals surface area (Å²) in [4.78, 5) is 11.1. The average Bonchev–Trinajstić information content (AvgIpc) is 3.05. The van der Waals surface area contributed by atoms with E-state index in [1.807, 2.05) is 16.9 Å². The Morgan fingerprint density at radius 2 is 2.00 bits per heavy atom. The summed E-state index contributed by atoms with van der Waals surface area (Å²) < 4.78 is 1.86. The van der Waals surface area contributed by atoms with E-state index in [0.717, 1.165) is 16.9 Å². The molecule has 0 aromatic heterocycles. The van der Waals surface area contributed by atoms with Crippen molar-refractivity contribution in [1.29, 1.82) is 0 Å². The maximum atomic E-state index is 11.1. The van der Waals surface area contributed by atoms with Crippen LogP contribution >= 0.6 is 0 Å². The van der Waals surface area contributed by atoms with Gasteiger partial charge in [-0.15, -0.1) is 0 Å². The molecule has 0 spiro atoms. The highest BCUT2D eigenvalue weighted by atomic mass is 16.4. The van der Waals surface area contributed by atoms with Gasteiger partial charge in [0.25, 0.3) is 0 Å². The van der Waals surface area contributed by atoms with Crippen molar-refractivity contribution in [2.75, 3.05) is 0 Å². The first-order chi connectivity index (χ1) is 10.6. The number of carbonyl (C=O) groups is 1. The van der Waals surface area contributed by atoms with Gasteiger partial charge in [0, 0.05) is 17.1 Å². The third-order valence-electron chi connectivity index (χ3n) is 3.95. The molecule has 1 aliphatic carbocycles. The van der Waals surface area contributed by atoms with Crippen molar-refractivity contribution in [2.24, 2.45) is 0 Å². The third kappa shape index (κ3) is 1.89. The molecule has 2 N–H and O–H groups in total. The number of carboxylic acids is 1. The summed E-state index contributed by atoms with van der Waals surface area (Å²) in [7, 11) is 0. The van der Waals surface area contributed by atoms with Crippen molar-refractivity contribution in [1.82, 2.24) is 9.78 Å². The van der Waals surface area contributed by atoms with E-state index in [0.29, 0.717) is 0 Å². The zero-order chi connectivity index (χ0) is 15.3. The number of aromatic nitrogens is 2. The second kappa shape index (κ2) is 4.49. The molecule has 4 rings (SSSR count). The first kappa shape index (κ1) is 12.7. The van der Waals surface area contributed by atoms with Crippen LogP contribution in [0, 0.1) is 6.92 Å². The first-order valence-electron chi connectivity index (χ1n) is 7.06. The van der Waals surface area contributed by atoms with E-state index in [2.05, 4.69) is 36.3 Å². The number of benzene rings is 2. The summed E-state index contributed by atoms with van der Waals surface area (Å²) in [6, 6.07) is 15.4. The predicted molar refractivity (Wildman–Crippen MR) is 85.9 cm³/mol. The van der Waals surface area contributed by atoms with Gasteiger partial charge in [0.2, 0.25) is 0 Å². The van der Waals surface area contributed by atoms with E-state index in [1.165, 1.54) is 16.3 Å². The van der Waals surface area contributed by atoms with Crippen LogP contribution in [0.25, 0.3) is 27.7 Å². The number of rotatable bonds is 2. The van der Waals surface area contributed by atoms with E-state index >= 15 is 0 Å². The molecule has 1 aliphatic heterocycles. The summed E-state index contributed by atoms with van der Waals surface area (Å²) in [5.41, 5.74) is 4.48. The molecule has 4 nitrogen and oxygen atoms in total. The van der Waals surface area contributed by atoms with E-state index in [1.54, 1.807) is 18.2 Å². The number of carboxylic acid groups (broad SMARTS) is 1. The fraction of sp³-hybridized carbons (Fsp3) is 0.0556. The van der Waals surface area contributed by atoms with Crippen LogP contribution in [0.2, 0.25) is 0 Å². The Morgan fingerprint density at radius 1 is 1.14 bits per heavy atom. The Morgan fingerprint density at radius 3 is 2.82 bits per heavy atom. The van der Waals surface area contributed by atoms with Gasteiger partial charge in [-0.25, -0.2) is 4.79 Å². The van der Waals surface area contributed by atoms with E-state index in [9.17, 15) is 4.79 Å². The molecule has 22 heavy (non-hydrogen) atoms. The lowest BCUT2D eigenvalue weighted by Gasteiger charge is -2.03. The fourth-order valence-corrected chi connectivity index (χ4v) is 2.85. The normalized spacial score (nSPS) is 11.3. The number of nitrogens with one attached hydrogen (secondary N) is 1. The van der Waals surface area contributed by atoms with Crippen LogP contribution < -0.4 is 0 Å². The molecule has 108 valence electrons. The molecule has 2 aromatic rings. The van der Waals surface area contributed by atoms with Crippen LogP contribution in [0.4, 0.5) is 0 Å². The summed E-state index contributed by atoms with van der Waals surface area (Å²) in [5, 5.41) is 14.9. The number of hydrogen-bond acceptors (Lipinski definition) is 1. The van der Waals surface area contributed by atoms with Gasteiger partial charge >= 0.3 is 5.97 Å². The average molecular weight is 290 g/mol. The molecule has 0 unspecified atom stereocenters. The van der Waals surface area contributed by atoms with Crippen molar-refractivity contribution >= 4 is 16.7 Å². The smallest absolute Gasteiger partial charge is 0.335 e. The summed E-state index contributed by atoms with van der Waals surface area (Å²) in [6.07, 6.45) is 1.99. The molecular weight excluding hydrogens is 276 g/mol. The highest BCUT2D eigenvalue weighted by Crippen LogP contribution is 2.34. The second-order valence-electron chi connectivity index (χ2n) is 5.53. The lowest BCUT2D eigenvalue weighted by molar-refractivity contribution is 0.0697. The Kier molecular flexibility index (Phi) is 2.60. The molecular formula is C18H14N2O2. The van der Waals surface area contributed by atoms with Gasteiger partial charge in [0.15, 0.2) is 0 Å². The molecule has 0 saturated heterocycles. The van der Waals surface area contributed by atoms with E-state index in [-0.39, 0.29) is 5.56 Å². The lowest BCUT2D eigenvalue weighted by atomic mass is 10.1. The lowest BCUT2D eigenvalue weighted by Crippen LogP contribution is -2.00. The van der Waals surface area contributed by atoms with Crippen LogP contribution in [0.3, 0.4) is 0 Å². The maximum Gasteiger partial charge on any atom is 0.335 e. The first-order valence-corrected chi connectivity index (χ1v) is 7.06. The molecule has 0 saturated carbocycles. The number of aryl methyl sites for hydroxylation is 1. The summed E-state index contributed by atoms with van der Waals surface area (Å²) >= 11 is 0. The second-order valence-corrected chi connectivity index (χ2v) is 5.53. The molecule has 0 radical (unpaired) electrons. The summed E-state index contributed by atoms with van der Waals surface area (Å²) in [5.74, 6) is -0.922. The molecule has 2 aliphatic rings. The van der Waals surface area contributed by atoms with Gasteiger partial charge in [-0.05, 0) is 42.6 Å². The molecule has 2 aromatic carbocycles. The number of aromatic amines is 1. The maximum absolute atomic E-state index is 11.1. The molecule has 4 heteroatoms. The number of hydrogen-bond donors (Lipinski definition) is 2. The Hall–Kier alpha value is -3.01. The van der Waals surface area contributed by atoms with E-state index < -0.39 is 5.97 Å². The molecule has 0 bridgehead atoms. The molecule has 1 heterocycles. The minimum atomic E-state index is -0.922. The minimum absolute atomic E-state index is 0.278. The topological polar surface area (TPSA) is 58.0 Å². The SMILES string of the molecule is Cc1ccc2cc3cn(-c4cccc(C(=O)O)c4)[nH]c-3c2c1. The van der Waals surface area contributed by atoms with Crippen molar-refractivity contribution in [2.45, 2.75) is 6.92 Å². The largest absolute Gasteiger partial charge is 0.478 e. The van der Waals surface area contributed by atoms with Gasteiger partial charge in [-0.3, -0.25) is 9.78 Å². The Bertz CT molecular complexity index is 978. The summed E-state index contributed by atoms with van der Waals surface area (Å²) in [6.45, 7) is 2.08. The van der Waals surface area contributed by atoms with Crippen LogP contribution in [0.5, 0.6) is 0 Å². The fourth-order valence-electron chi connectivity index (χ4n) is 2.85. The van der Waals surface area contributed by atoms with Crippen LogP contribution in [-0.2, 0) is 0 Å². The van der Waals surface area contributed by atoms with Gasteiger partial charge in [0.1, 0.15) is 0 Å².